The Hall–Kier alpha value is -1.38. The maximum Gasteiger partial charge on any atom is 0.323 e. The minimum absolute atomic E-state index is 0.0483. The molecular weight excluding hydrogens is 240 g/mol. The molecule has 3 unspecified atom stereocenters. The smallest absolute Gasteiger partial charge is 0.323 e. The van der Waals surface area contributed by atoms with Crippen molar-refractivity contribution in [3.8, 4) is 0 Å². The van der Waals surface area contributed by atoms with Crippen molar-refractivity contribution >= 4 is 11.8 Å². The molecule has 3 heteroatoms. The van der Waals surface area contributed by atoms with Gasteiger partial charge in [-0.1, -0.05) is 31.2 Å². The highest BCUT2D eigenvalue weighted by Gasteiger charge is 2.48. The summed E-state index contributed by atoms with van der Waals surface area (Å²) in [5.74, 6) is -0.202. The number of rotatable bonds is 3. The number of hydrogen-bond donors (Lipinski definition) is 0. The lowest BCUT2D eigenvalue weighted by atomic mass is 9.67. The summed E-state index contributed by atoms with van der Waals surface area (Å²) in [6.45, 7) is 2.05. The second-order valence-electron chi connectivity index (χ2n) is 5.59. The van der Waals surface area contributed by atoms with Gasteiger partial charge in [0.15, 0.2) is 5.78 Å². The van der Waals surface area contributed by atoms with Crippen LogP contribution in [0.1, 0.15) is 39.0 Å². The van der Waals surface area contributed by atoms with Crippen LogP contribution in [0.3, 0.4) is 0 Å². The Morgan fingerprint density at radius 2 is 2.05 bits per heavy atom. The molecule has 0 amide bonds. The first-order valence-electron chi connectivity index (χ1n) is 7.09. The molecule has 0 bridgehead atoms. The lowest BCUT2D eigenvalue weighted by Crippen LogP contribution is -2.45. The molecule has 2 rings (SSSR count). The summed E-state index contributed by atoms with van der Waals surface area (Å²) >= 11 is 0. The van der Waals surface area contributed by atoms with E-state index in [-0.39, 0.29) is 17.6 Å². The van der Waals surface area contributed by atoms with E-state index in [0.717, 1.165) is 25.7 Å². The van der Waals surface area contributed by atoms with Crippen LogP contribution in [-0.2, 0) is 14.3 Å². The number of carbonyl (C=O) groups excluding carboxylic acids is 2. The summed E-state index contributed by atoms with van der Waals surface area (Å²) in [4.78, 5) is 25.1. The van der Waals surface area contributed by atoms with Crippen LogP contribution in [0.2, 0.25) is 0 Å². The molecular formula is C16H22O3. The third-order valence-corrected chi connectivity index (χ3v) is 4.39. The average molecular weight is 262 g/mol. The number of esters is 1. The van der Waals surface area contributed by atoms with Gasteiger partial charge in [-0.05, 0) is 38.0 Å². The van der Waals surface area contributed by atoms with Gasteiger partial charge in [-0.2, -0.15) is 0 Å². The van der Waals surface area contributed by atoms with Crippen LogP contribution in [0.5, 0.6) is 0 Å². The largest absolute Gasteiger partial charge is 0.468 e. The van der Waals surface area contributed by atoms with Crippen LogP contribution in [0.4, 0.5) is 0 Å². The normalized spacial score (nSPS) is 34.0. The van der Waals surface area contributed by atoms with E-state index < -0.39 is 11.4 Å². The molecule has 0 saturated carbocycles. The number of ether oxygens (including phenoxy) is 1. The van der Waals surface area contributed by atoms with E-state index in [2.05, 4.69) is 19.1 Å². The van der Waals surface area contributed by atoms with Gasteiger partial charge in [-0.25, -0.2) is 0 Å². The van der Waals surface area contributed by atoms with E-state index in [0.29, 0.717) is 6.42 Å². The predicted octanol–water partition coefficient (Wildman–Crippen LogP) is 3.06. The molecule has 0 aromatic carbocycles. The van der Waals surface area contributed by atoms with Crippen molar-refractivity contribution in [1.29, 1.82) is 0 Å². The summed E-state index contributed by atoms with van der Waals surface area (Å²) in [7, 11) is 1.37. The zero-order valence-corrected chi connectivity index (χ0v) is 11.7. The van der Waals surface area contributed by atoms with Gasteiger partial charge < -0.3 is 4.74 Å². The lowest BCUT2D eigenvalue weighted by Gasteiger charge is -2.34. The average Bonchev–Trinajstić information content (AvgIpc) is 2.47. The molecule has 0 aromatic rings. The summed E-state index contributed by atoms with van der Waals surface area (Å²) < 4.78 is 4.91. The summed E-state index contributed by atoms with van der Waals surface area (Å²) in [6.07, 6.45) is 12.1. The molecule has 0 saturated heterocycles. The standard InChI is InChI=1S/C16H22O3/c1-12-8-4-5-9-13(12)14(17)16(15(18)19-2)10-6-3-7-11-16/h4,6,8,10,12-13H,3,5,7,9,11H2,1-2H3. The SMILES string of the molecule is COC(=O)C1(C(=O)C2CCC=CC2C)C=CCCC1. The molecule has 0 spiro atoms. The molecule has 0 aliphatic heterocycles. The summed E-state index contributed by atoms with van der Waals surface area (Å²) in [6, 6.07) is 0. The van der Waals surface area contributed by atoms with Crippen LogP contribution < -0.4 is 0 Å². The zero-order chi connectivity index (χ0) is 13.9. The van der Waals surface area contributed by atoms with E-state index in [1.54, 1.807) is 6.08 Å². The van der Waals surface area contributed by atoms with Crippen molar-refractivity contribution in [1.82, 2.24) is 0 Å². The topological polar surface area (TPSA) is 43.4 Å². The number of carbonyl (C=O) groups is 2. The van der Waals surface area contributed by atoms with Crippen LogP contribution in [-0.4, -0.2) is 18.9 Å². The number of methoxy groups -OCH3 is 1. The van der Waals surface area contributed by atoms with Crippen molar-refractivity contribution in [3.63, 3.8) is 0 Å². The second kappa shape index (κ2) is 5.72. The third kappa shape index (κ3) is 2.51. The molecule has 0 radical (unpaired) electrons. The van der Waals surface area contributed by atoms with Crippen molar-refractivity contribution < 1.29 is 14.3 Å². The Labute approximate surface area is 114 Å². The van der Waals surface area contributed by atoms with E-state index in [1.165, 1.54) is 7.11 Å². The molecule has 0 aromatic heterocycles. The number of Topliss-reactive ketones (excluding diaryl/α,β-unsaturated/α-hetero) is 1. The lowest BCUT2D eigenvalue weighted by molar-refractivity contribution is -0.157. The van der Waals surface area contributed by atoms with Crippen molar-refractivity contribution in [3.05, 3.63) is 24.3 Å². The molecule has 0 heterocycles. The van der Waals surface area contributed by atoms with Gasteiger partial charge in [0.2, 0.25) is 0 Å². The highest BCUT2D eigenvalue weighted by molar-refractivity contribution is 6.07. The van der Waals surface area contributed by atoms with Crippen molar-refractivity contribution in [2.24, 2.45) is 17.3 Å². The van der Waals surface area contributed by atoms with E-state index in [4.69, 9.17) is 4.74 Å². The van der Waals surface area contributed by atoms with Crippen LogP contribution in [0.15, 0.2) is 24.3 Å². The maximum atomic E-state index is 12.9. The first-order valence-corrected chi connectivity index (χ1v) is 7.09. The van der Waals surface area contributed by atoms with Crippen LogP contribution >= 0.6 is 0 Å². The van der Waals surface area contributed by atoms with Gasteiger partial charge in [0.05, 0.1) is 7.11 Å². The van der Waals surface area contributed by atoms with Gasteiger partial charge in [0.1, 0.15) is 5.41 Å². The molecule has 2 aliphatic rings. The summed E-state index contributed by atoms with van der Waals surface area (Å²) in [5, 5.41) is 0. The fourth-order valence-corrected chi connectivity index (χ4v) is 3.21. The Kier molecular flexibility index (Phi) is 4.23. The molecule has 3 nitrogen and oxygen atoms in total. The molecule has 19 heavy (non-hydrogen) atoms. The highest BCUT2D eigenvalue weighted by atomic mass is 16.5. The van der Waals surface area contributed by atoms with Crippen molar-refractivity contribution in [2.75, 3.05) is 7.11 Å². The Morgan fingerprint density at radius 1 is 1.26 bits per heavy atom. The third-order valence-electron chi connectivity index (χ3n) is 4.39. The first-order chi connectivity index (χ1) is 9.12. The van der Waals surface area contributed by atoms with Crippen molar-refractivity contribution in [2.45, 2.75) is 39.0 Å². The molecule has 2 aliphatic carbocycles. The monoisotopic (exact) mass is 262 g/mol. The maximum absolute atomic E-state index is 12.9. The molecule has 0 fully saturated rings. The Bertz CT molecular complexity index is 422. The van der Waals surface area contributed by atoms with Gasteiger partial charge in [0.25, 0.3) is 0 Å². The first kappa shape index (κ1) is 14.0. The summed E-state index contributed by atoms with van der Waals surface area (Å²) in [5.41, 5.74) is -1.03. The predicted molar refractivity (Wildman–Crippen MR) is 73.5 cm³/mol. The van der Waals surface area contributed by atoms with E-state index >= 15 is 0 Å². The van der Waals surface area contributed by atoms with Gasteiger partial charge >= 0.3 is 5.97 Å². The second-order valence-corrected chi connectivity index (χ2v) is 5.59. The minimum atomic E-state index is -1.03. The molecule has 0 N–H and O–H groups in total. The van der Waals surface area contributed by atoms with Gasteiger partial charge in [0, 0.05) is 5.92 Å². The zero-order valence-electron chi connectivity index (χ0n) is 11.7. The van der Waals surface area contributed by atoms with E-state index in [9.17, 15) is 9.59 Å². The Balaban J connectivity index is 2.31. The fourth-order valence-electron chi connectivity index (χ4n) is 3.21. The van der Waals surface area contributed by atoms with E-state index in [1.807, 2.05) is 6.08 Å². The van der Waals surface area contributed by atoms with Crippen LogP contribution in [0, 0.1) is 17.3 Å². The Morgan fingerprint density at radius 3 is 2.63 bits per heavy atom. The van der Waals surface area contributed by atoms with Gasteiger partial charge in [-0.3, -0.25) is 9.59 Å². The highest BCUT2D eigenvalue weighted by Crippen LogP contribution is 2.40. The molecule has 104 valence electrons. The van der Waals surface area contributed by atoms with Crippen LogP contribution in [0.25, 0.3) is 0 Å². The quantitative estimate of drug-likeness (QED) is 0.446. The molecule has 3 atom stereocenters. The fraction of sp³-hybridized carbons (Fsp3) is 0.625. The number of ketones is 1. The van der Waals surface area contributed by atoms with Gasteiger partial charge in [-0.15, -0.1) is 0 Å². The number of allylic oxidation sites excluding steroid dienone is 3. The number of hydrogen-bond acceptors (Lipinski definition) is 3. The minimum Gasteiger partial charge on any atom is -0.468 e.